The molecule has 0 radical (unpaired) electrons. The number of hydrogen-bond acceptors (Lipinski definition) is 5. The van der Waals surface area contributed by atoms with E-state index in [1.54, 1.807) is 12.1 Å². The van der Waals surface area contributed by atoms with Gasteiger partial charge in [-0.05, 0) is 51.3 Å². The van der Waals surface area contributed by atoms with Gasteiger partial charge in [0.2, 0.25) is 0 Å². The zero-order chi connectivity index (χ0) is 21.3. The molecule has 1 fully saturated rings. The Kier molecular flexibility index (Phi) is 5.72. The minimum atomic E-state index is -0.203. The molecule has 0 spiro atoms. The van der Waals surface area contributed by atoms with Gasteiger partial charge in [-0.2, -0.15) is 0 Å². The molecule has 7 heteroatoms. The molecule has 1 aliphatic heterocycles. The fourth-order valence-corrected chi connectivity index (χ4v) is 4.64. The van der Waals surface area contributed by atoms with Gasteiger partial charge in [0.1, 0.15) is 16.5 Å². The monoisotopic (exact) mass is 423 g/mol. The summed E-state index contributed by atoms with van der Waals surface area (Å²) in [6.07, 6.45) is 1.43. The van der Waals surface area contributed by atoms with Crippen LogP contribution in [0.1, 0.15) is 50.8 Å². The first-order valence-corrected chi connectivity index (χ1v) is 11.0. The maximum Gasteiger partial charge on any atom is 0.287 e. The second kappa shape index (κ2) is 8.44. The van der Waals surface area contributed by atoms with Crippen molar-refractivity contribution in [1.29, 1.82) is 0 Å². The fraction of sp³-hybridized carbons (Fsp3) is 0.348. The van der Waals surface area contributed by atoms with Gasteiger partial charge in [0, 0.05) is 30.1 Å². The van der Waals surface area contributed by atoms with E-state index in [4.69, 9.17) is 4.42 Å². The molecule has 156 valence electrons. The van der Waals surface area contributed by atoms with Crippen LogP contribution in [0.5, 0.6) is 0 Å². The average Bonchev–Trinajstić information content (AvgIpc) is 3.37. The third-order valence-electron chi connectivity index (χ3n) is 5.42. The second-order valence-corrected chi connectivity index (χ2v) is 8.66. The number of rotatable bonds is 4. The normalized spacial score (nSPS) is 14.7. The van der Waals surface area contributed by atoms with Crippen molar-refractivity contribution in [3.63, 3.8) is 0 Å². The highest BCUT2D eigenvalue weighted by Crippen LogP contribution is 2.28. The number of nitrogens with zero attached hydrogens (tertiary/aromatic N) is 2. The van der Waals surface area contributed by atoms with Crippen LogP contribution in [-0.2, 0) is 0 Å². The Labute approximate surface area is 179 Å². The summed E-state index contributed by atoms with van der Waals surface area (Å²) in [6.45, 7) is 7.13. The van der Waals surface area contributed by atoms with Crippen molar-refractivity contribution in [2.45, 2.75) is 39.7 Å². The van der Waals surface area contributed by atoms with Crippen LogP contribution in [0, 0.1) is 20.8 Å². The topological polar surface area (TPSA) is 75.4 Å². The van der Waals surface area contributed by atoms with Gasteiger partial charge in [-0.25, -0.2) is 4.98 Å². The predicted octanol–water partition coefficient (Wildman–Crippen LogP) is 4.36. The van der Waals surface area contributed by atoms with E-state index in [-0.39, 0.29) is 17.9 Å². The van der Waals surface area contributed by atoms with Gasteiger partial charge in [-0.3, -0.25) is 9.59 Å². The maximum atomic E-state index is 12.9. The Morgan fingerprint density at radius 3 is 2.57 bits per heavy atom. The van der Waals surface area contributed by atoms with E-state index in [0.717, 1.165) is 16.1 Å². The standard InChI is InChI=1S/C23H25N3O3S/c1-14-4-6-18(15(2)12-14)22-25-19(13-30-22)23(28)26-10-8-17(9-11-26)24-21(27)20-7-5-16(3)29-20/h4-7,12-13,17H,8-11H2,1-3H3,(H,24,27). The molecule has 3 aromatic rings. The second-order valence-electron chi connectivity index (χ2n) is 7.81. The van der Waals surface area contributed by atoms with Crippen molar-refractivity contribution in [3.8, 4) is 10.6 Å². The zero-order valence-corrected chi connectivity index (χ0v) is 18.2. The lowest BCUT2D eigenvalue weighted by Gasteiger charge is -2.31. The van der Waals surface area contributed by atoms with Gasteiger partial charge >= 0.3 is 0 Å². The molecule has 0 atom stereocenters. The van der Waals surface area contributed by atoms with Crippen LogP contribution in [-0.4, -0.2) is 40.8 Å². The van der Waals surface area contributed by atoms with Crippen LogP contribution in [0.4, 0.5) is 0 Å². The van der Waals surface area contributed by atoms with E-state index in [2.05, 4.69) is 42.3 Å². The fourth-order valence-electron chi connectivity index (χ4n) is 3.75. The van der Waals surface area contributed by atoms with Crippen LogP contribution in [0.15, 0.2) is 40.1 Å². The number of likely N-dealkylation sites (tertiary alicyclic amines) is 1. The van der Waals surface area contributed by atoms with Crippen molar-refractivity contribution in [2.75, 3.05) is 13.1 Å². The molecule has 1 aromatic carbocycles. The molecule has 0 aliphatic carbocycles. The predicted molar refractivity (Wildman–Crippen MR) is 117 cm³/mol. The highest BCUT2D eigenvalue weighted by Gasteiger charge is 2.27. The van der Waals surface area contributed by atoms with Crippen molar-refractivity contribution in [2.24, 2.45) is 0 Å². The molecular weight excluding hydrogens is 398 g/mol. The lowest BCUT2D eigenvalue weighted by Crippen LogP contribution is -2.46. The van der Waals surface area contributed by atoms with Crippen molar-refractivity contribution in [1.82, 2.24) is 15.2 Å². The van der Waals surface area contributed by atoms with Crippen LogP contribution in [0.2, 0.25) is 0 Å². The number of thiazole rings is 1. The van der Waals surface area contributed by atoms with Crippen molar-refractivity contribution in [3.05, 3.63) is 64.1 Å². The highest BCUT2D eigenvalue weighted by molar-refractivity contribution is 7.13. The summed E-state index contributed by atoms with van der Waals surface area (Å²) < 4.78 is 5.37. The molecule has 0 unspecified atom stereocenters. The van der Waals surface area contributed by atoms with Gasteiger partial charge in [-0.15, -0.1) is 11.3 Å². The third kappa shape index (κ3) is 4.31. The molecule has 0 saturated carbocycles. The van der Waals surface area contributed by atoms with Gasteiger partial charge in [-0.1, -0.05) is 23.8 Å². The van der Waals surface area contributed by atoms with Crippen molar-refractivity contribution < 1.29 is 14.0 Å². The quantitative estimate of drug-likeness (QED) is 0.676. The highest BCUT2D eigenvalue weighted by atomic mass is 32.1. The van der Waals surface area contributed by atoms with E-state index in [0.29, 0.717) is 43.1 Å². The number of benzene rings is 1. The van der Waals surface area contributed by atoms with Crippen LogP contribution < -0.4 is 5.32 Å². The van der Waals surface area contributed by atoms with Crippen LogP contribution in [0.3, 0.4) is 0 Å². The van der Waals surface area contributed by atoms with E-state index in [9.17, 15) is 9.59 Å². The summed E-state index contributed by atoms with van der Waals surface area (Å²) in [5.41, 5.74) is 3.93. The van der Waals surface area contributed by atoms with E-state index >= 15 is 0 Å². The number of amides is 2. The van der Waals surface area contributed by atoms with Crippen LogP contribution >= 0.6 is 11.3 Å². The number of furan rings is 1. The SMILES string of the molecule is Cc1ccc(-c2nc(C(=O)N3CCC(NC(=O)c4ccc(C)o4)CC3)cs2)c(C)c1. The van der Waals surface area contributed by atoms with E-state index in [1.165, 1.54) is 16.9 Å². The molecule has 1 saturated heterocycles. The largest absolute Gasteiger partial charge is 0.456 e. The number of nitrogens with one attached hydrogen (secondary N) is 1. The summed E-state index contributed by atoms with van der Waals surface area (Å²) in [5.74, 6) is 0.788. The van der Waals surface area contributed by atoms with E-state index in [1.807, 2.05) is 17.2 Å². The molecular formula is C23H25N3O3S. The average molecular weight is 424 g/mol. The number of carbonyl (C=O) groups is 2. The minimum absolute atomic E-state index is 0.0353. The van der Waals surface area contributed by atoms with Gasteiger partial charge in [0.15, 0.2) is 5.76 Å². The lowest BCUT2D eigenvalue weighted by atomic mass is 10.0. The number of hydrogen-bond donors (Lipinski definition) is 1. The Bertz CT molecular complexity index is 1080. The molecule has 1 aliphatic rings. The van der Waals surface area contributed by atoms with E-state index < -0.39 is 0 Å². The summed E-state index contributed by atoms with van der Waals surface area (Å²) in [6, 6.07) is 9.74. The number of aromatic nitrogens is 1. The summed E-state index contributed by atoms with van der Waals surface area (Å²) in [5, 5.41) is 5.70. The minimum Gasteiger partial charge on any atom is -0.456 e. The van der Waals surface area contributed by atoms with Gasteiger partial charge in [0.05, 0.1) is 0 Å². The Morgan fingerprint density at radius 2 is 1.90 bits per heavy atom. The lowest BCUT2D eigenvalue weighted by molar-refractivity contribution is 0.0691. The van der Waals surface area contributed by atoms with Gasteiger partial charge in [0.25, 0.3) is 11.8 Å². The number of piperidine rings is 1. The van der Waals surface area contributed by atoms with Gasteiger partial charge < -0.3 is 14.6 Å². The molecule has 3 heterocycles. The summed E-state index contributed by atoms with van der Waals surface area (Å²) in [7, 11) is 0. The first kappa shape index (κ1) is 20.3. The Hall–Kier alpha value is -2.93. The number of carbonyl (C=O) groups excluding carboxylic acids is 2. The first-order chi connectivity index (χ1) is 14.4. The zero-order valence-electron chi connectivity index (χ0n) is 17.4. The first-order valence-electron chi connectivity index (χ1n) is 10.1. The summed E-state index contributed by atoms with van der Waals surface area (Å²) >= 11 is 1.50. The Morgan fingerprint density at radius 1 is 1.13 bits per heavy atom. The summed E-state index contributed by atoms with van der Waals surface area (Å²) in [4.78, 5) is 31.6. The molecule has 6 nitrogen and oxygen atoms in total. The van der Waals surface area contributed by atoms with Crippen molar-refractivity contribution >= 4 is 23.2 Å². The molecule has 2 amide bonds. The smallest absolute Gasteiger partial charge is 0.287 e. The number of aryl methyl sites for hydroxylation is 3. The van der Waals surface area contributed by atoms with Crippen LogP contribution in [0.25, 0.3) is 10.6 Å². The Balaban J connectivity index is 1.35. The molecule has 4 rings (SSSR count). The third-order valence-corrected chi connectivity index (χ3v) is 6.29. The molecule has 1 N–H and O–H groups in total. The maximum absolute atomic E-state index is 12.9. The molecule has 30 heavy (non-hydrogen) atoms. The molecule has 0 bridgehead atoms. The molecule has 2 aromatic heterocycles.